The Kier molecular flexibility index (Phi) is 8.65. The Morgan fingerprint density at radius 1 is 0.889 bits per heavy atom. The van der Waals surface area contributed by atoms with Gasteiger partial charge in [-0.25, -0.2) is 14.6 Å². The summed E-state index contributed by atoms with van der Waals surface area (Å²) >= 11 is 1.43. The van der Waals surface area contributed by atoms with Crippen LogP contribution >= 0.6 is 11.3 Å². The quantitative estimate of drug-likeness (QED) is 0.298. The average molecular weight is 511 g/mol. The van der Waals surface area contributed by atoms with Crippen LogP contribution in [0.2, 0.25) is 0 Å². The number of rotatable bonds is 8. The summed E-state index contributed by atoms with van der Waals surface area (Å²) in [5, 5.41) is 17.2. The highest BCUT2D eigenvalue weighted by Crippen LogP contribution is 2.28. The lowest BCUT2D eigenvalue weighted by molar-refractivity contribution is -0.114. The van der Waals surface area contributed by atoms with E-state index < -0.39 is 17.8 Å². The van der Waals surface area contributed by atoms with Crippen LogP contribution in [-0.4, -0.2) is 33.8 Å². The van der Waals surface area contributed by atoms with Gasteiger partial charge in [-0.15, -0.1) is 11.3 Å². The topological polar surface area (TPSA) is 130 Å². The van der Waals surface area contributed by atoms with Gasteiger partial charge in [0, 0.05) is 29.6 Å². The van der Waals surface area contributed by atoms with Gasteiger partial charge in [0.05, 0.1) is 5.69 Å². The molecule has 190 valence electrons. The van der Waals surface area contributed by atoms with E-state index in [4.69, 9.17) is 9.84 Å². The third-order valence-corrected chi connectivity index (χ3v) is 5.89. The second-order valence-electron chi connectivity index (χ2n) is 9.20. The first-order valence-electron chi connectivity index (χ1n) is 11.4. The fourth-order valence-electron chi connectivity index (χ4n) is 3.37. The molecule has 36 heavy (non-hydrogen) atoms. The van der Waals surface area contributed by atoms with Crippen molar-refractivity contribution >= 4 is 45.9 Å². The number of benzene rings is 2. The number of amides is 3. The monoisotopic (exact) mass is 510 g/mol. The number of aryl methyl sites for hydroxylation is 2. The van der Waals surface area contributed by atoms with Crippen molar-refractivity contribution in [2.45, 2.75) is 52.6 Å². The van der Waals surface area contributed by atoms with Crippen LogP contribution in [0.5, 0.6) is 0 Å². The zero-order valence-electron chi connectivity index (χ0n) is 20.7. The largest absolute Gasteiger partial charge is 0.465 e. The normalized spacial score (nSPS) is 11.0. The summed E-state index contributed by atoms with van der Waals surface area (Å²) in [4.78, 5) is 40.0. The molecule has 0 saturated carbocycles. The van der Waals surface area contributed by atoms with Crippen molar-refractivity contribution in [1.82, 2.24) is 4.98 Å². The molecule has 0 aliphatic carbocycles. The lowest BCUT2D eigenvalue weighted by atomic mass is 10.0. The minimum absolute atomic E-state index is 0.181. The molecule has 0 fully saturated rings. The summed E-state index contributed by atoms with van der Waals surface area (Å²) in [5.41, 5.74) is 3.56. The number of carboxylic acid groups (broad SMARTS) is 1. The summed E-state index contributed by atoms with van der Waals surface area (Å²) in [6.07, 6.45) is 0.396. The Hall–Kier alpha value is -3.92. The molecule has 10 heteroatoms. The van der Waals surface area contributed by atoms with Gasteiger partial charge in [-0.1, -0.05) is 24.3 Å². The molecule has 1 aromatic heterocycles. The lowest BCUT2D eigenvalue weighted by Gasteiger charge is -2.19. The maximum absolute atomic E-state index is 12.0. The predicted octanol–water partition coefficient (Wildman–Crippen LogP) is 5.91. The average Bonchev–Trinajstić information content (AvgIpc) is 3.13. The Labute approximate surface area is 213 Å². The Morgan fingerprint density at radius 2 is 1.47 bits per heavy atom. The van der Waals surface area contributed by atoms with E-state index in [9.17, 15) is 14.4 Å². The molecule has 3 rings (SSSR count). The maximum Gasteiger partial charge on any atom is 0.412 e. The number of ether oxygens (including phenoxy) is 1. The molecule has 3 aromatic rings. The van der Waals surface area contributed by atoms with E-state index in [2.05, 4.69) is 20.9 Å². The highest BCUT2D eigenvalue weighted by Gasteiger charge is 2.16. The van der Waals surface area contributed by atoms with Gasteiger partial charge in [-0.05, 0) is 69.0 Å². The van der Waals surface area contributed by atoms with Crippen molar-refractivity contribution in [3.8, 4) is 0 Å². The summed E-state index contributed by atoms with van der Waals surface area (Å²) in [5.74, 6) is -0.181. The third kappa shape index (κ3) is 8.70. The van der Waals surface area contributed by atoms with Crippen LogP contribution in [0.3, 0.4) is 0 Å². The van der Waals surface area contributed by atoms with Gasteiger partial charge in [-0.3, -0.25) is 15.4 Å². The zero-order valence-corrected chi connectivity index (χ0v) is 21.5. The molecule has 0 saturated heterocycles. The van der Waals surface area contributed by atoms with Gasteiger partial charge in [-0.2, -0.15) is 0 Å². The van der Waals surface area contributed by atoms with Crippen LogP contribution in [0.15, 0.2) is 48.5 Å². The van der Waals surface area contributed by atoms with Crippen molar-refractivity contribution in [3.05, 3.63) is 70.2 Å². The maximum atomic E-state index is 12.0. The third-order valence-electron chi connectivity index (χ3n) is 4.88. The molecule has 0 atom stereocenters. The minimum atomic E-state index is -1.11. The molecular formula is C26H30N4O5S. The van der Waals surface area contributed by atoms with Crippen LogP contribution in [0.1, 0.15) is 49.4 Å². The van der Waals surface area contributed by atoms with Crippen molar-refractivity contribution in [1.29, 1.82) is 0 Å². The SMILES string of the molecule is CC(=O)Nc1nc(CCc2ccc(NC(=O)OC(C)(C)C)cc2)c(Cc2ccc(NC(=O)O)cc2)s1. The summed E-state index contributed by atoms with van der Waals surface area (Å²) < 4.78 is 5.28. The number of anilines is 3. The molecule has 0 aliphatic heterocycles. The fourth-order valence-corrected chi connectivity index (χ4v) is 4.46. The number of hydrogen-bond donors (Lipinski definition) is 4. The van der Waals surface area contributed by atoms with E-state index >= 15 is 0 Å². The van der Waals surface area contributed by atoms with Gasteiger partial charge in [0.2, 0.25) is 5.91 Å². The highest BCUT2D eigenvalue weighted by molar-refractivity contribution is 7.15. The Bertz CT molecular complexity index is 1210. The molecule has 0 bridgehead atoms. The van der Waals surface area contributed by atoms with Crippen molar-refractivity contribution in [2.75, 3.05) is 16.0 Å². The van der Waals surface area contributed by atoms with Crippen LogP contribution in [-0.2, 0) is 28.8 Å². The van der Waals surface area contributed by atoms with Gasteiger partial charge >= 0.3 is 12.2 Å². The van der Waals surface area contributed by atoms with Gasteiger partial charge in [0.1, 0.15) is 5.60 Å². The molecule has 0 unspecified atom stereocenters. The predicted molar refractivity (Wildman–Crippen MR) is 141 cm³/mol. The van der Waals surface area contributed by atoms with E-state index in [1.165, 1.54) is 18.3 Å². The number of nitrogens with zero attached hydrogens (tertiary/aromatic N) is 1. The van der Waals surface area contributed by atoms with E-state index in [0.29, 0.717) is 29.3 Å². The van der Waals surface area contributed by atoms with Crippen molar-refractivity contribution in [2.24, 2.45) is 0 Å². The first-order valence-corrected chi connectivity index (χ1v) is 12.2. The van der Waals surface area contributed by atoms with Crippen LogP contribution < -0.4 is 16.0 Å². The molecule has 3 amide bonds. The standard InChI is InChI=1S/C26H30N4O5S/c1-16(31)27-23-30-21(22(36-23)15-18-7-12-19(13-8-18)28-24(32)33)14-9-17-5-10-20(11-6-17)29-25(34)35-26(2,3)4/h5-8,10-13,28H,9,14-15H2,1-4H3,(H,29,34)(H,32,33)(H,27,30,31). The molecule has 9 nitrogen and oxygen atoms in total. The Balaban J connectivity index is 1.67. The summed E-state index contributed by atoms with van der Waals surface area (Å²) in [6, 6.07) is 14.7. The Morgan fingerprint density at radius 3 is 2.03 bits per heavy atom. The first kappa shape index (κ1) is 26.7. The van der Waals surface area contributed by atoms with Crippen molar-refractivity contribution in [3.63, 3.8) is 0 Å². The van der Waals surface area contributed by atoms with Gasteiger partial charge in [0.15, 0.2) is 5.13 Å². The second-order valence-corrected chi connectivity index (χ2v) is 10.3. The lowest BCUT2D eigenvalue weighted by Crippen LogP contribution is -2.27. The fraction of sp³-hybridized carbons (Fsp3) is 0.308. The molecule has 1 heterocycles. The number of hydrogen-bond acceptors (Lipinski definition) is 6. The van der Waals surface area contributed by atoms with E-state index in [0.717, 1.165) is 28.1 Å². The smallest absolute Gasteiger partial charge is 0.412 e. The van der Waals surface area contributed by atoms with Crippen LogP contribution in [0, 0.1) is 0 Å². The molecule has 0 radical (unpaired) electrons. The molecular weight excluding hydrogens is 480 g/mol. The summed E-state index contributed by atoms with van der Waals surface area (Å²) in [6.45, 7) is 6.88. The number of thiazole rings is 1. The number of aromatic nitrogens is 1. The molecule has 0 aliphatic rings. The number of nitrogens with one attached hydrogen (secondary N) is 3. The van der Waals surface area contributed by atoms with Gasteiger partial charge < -0.3 is 15.2 Å². The number of carbonyl (C=O) groups excluding carboxylic acids is 2. The molecule has 2 aromatic carbocycles. The first-order chi connectivity index (χ1) is 17.0. The second kappa shape index (κ2) is 11.7. The van der Waals surface area contributed by atoms with E-state index in [-0.39, 0.29) is 5.91 Å². The van der Waals surface area contributed by atoms with E-state index in [1.54, 1.807) is 12.1 Å². The van der Waals surface area contributed by atoms with Gasteiger partial charge in [0.25, 0.3) is 0 Å². The number of carbonyl (C=O) groups is 3. The van der Waals surface area contributed by atoms with Crippen LogP contribution in [0.25, 0.3) is 0 Å². The molecule has 4 N–H and O–H groups in total. The minimum Gasteiger partial charge on any atom is -0.465 e. The van der Waals surface area contributed by atoms with Crippen molar-refractivity contribution < 1.29 is 24.2 Å². The van der Waals surface area contributed by atoms with E-state index in [1.807, 2.05) is 57.2 Å². The highest BCUT2D eigenvalue weighted by atomic mass is 32.1. The summed E-state index contributed by atoms with van der Waals surface area (Å²) in [7, 11) is 0. The zero-order chi connectivity index (χ0) is 26.3. The van der Waals surface area contributed by atoms with Crippen LogP contribution in [0.4, 0.5) is 26.1 Å². The molecule has 0 spiro atoms.